The molecule has 20 heavy (non-hydrogen) atoms. The van der Waals surface area contributed by atoms with Crippen LogP contribution in [0.15, 0.2) is 29.2 Å². The standard InChI is InChI=1S/C11H13ClF3NO3S/c1-19-7-8(6-12)16-9-4-2-3-5-10(9)20(17,18)11(13,14)15/h2-5,8,16H,6-7H2,1H3. The summed E-state index contributed by atoms with van der Waals surface area (Å²) < 4.78 is 65.6. The van der Waals surface area contributed by atoms with Crippen molar-refractivity contribution in [3.05, 3.63) is 24.3 Å². The second-order valence-electron chi connectivity index (χ2n) is 3.90. The number of sulfone groups is 1. The summed E-state index contributed by atoms with van der Waals surface area (Å²) in [5.74, 6) is 0.0498. The highest BCUT2D eigenvalue weighted by atomic mass is 35.5. The predicted octanol–water partition coefficient (Wildman–Crippen LogP) is 2.65. The first-order valence-corrected chi connectivity index (χ1v) is 7.47. The highest BCUT2D eigenvalue weighted by molar-refractivity contribution is 7.92. The van der Waals surface area contributed by atoms with Crippen molar-refractivity contribution in [1.29, 1.82) is 0 Å². The summed E-state index contributed by atoms with van der Waals surface area (Å²) in [6.45, 7) is 0.129. The molecule has 0 aliphatic heterocycles. The maximum absolute atomic E-state index is 12.6. The molecule has 1 rings (SSSR count). The van der Waals surface area contributed by atoms with Crippen LogP contribution in [-0.2, 0) is 14.6 Å². The Kier molecular flexibility index (Phi) is 5.67. The van der Waals surface area contributed by atoms with Gasteiger partial charge in [-0.05, 0) is 12.1 Å². The molecule has 0 amide bonds. The molecular formula is C11H13ClF3NO3S. The zero-order chi connectivity index (χ0) is 15.4. The molecule has 1 aromatic rings. The van der Waals surface area contributed by atoms with Crippen molar-refractivity contribution >= 4 is 27.1 Å². The molecule has 1 aromatic carbocycles. The van der Waals surface area contributed by atoms with E-state index in [0.29, 0.717) is 0 Å². The van der Waals surface area contributed by atoms with Gasteiger partial charge in [-0.1, -0.05) is 12.1 Å². The Labute approximate surface area is 119 Å². The topological polar surface area (TPSA) is 55.4 Å². The molecule has 0 saturated heterocycles. The number of methoxy groups -OCH3 is 1. The van der Waals surface area contributed by atoms with Crippen LogP contribution in [-0.4, -0.2) is 39.6 Å². The minimum Gasteiger partial charge on any atom is -0.383 e. The van der Waals surface area contributed by atoms with Gasteiger partial charge >= 0.3 is 5.51 Å². The van der Waals surface area contributed by atoms with Crippen molar-refractivity contribution in [2.75, 3.05) is 24.9 Å². The first kappa shape index (κ1) is 17.1. The zero-order valence-corrected chi connectivity index (χ0v) is 12.0. The second kappa shape index (κ2) is 6.64. The van der Waals surface area contributed by atoms with E-state index in [9.17, 15) is 21.6 Å². The molecule has 114 valence electrons. The Hall–Kier alpha value is -0.990. The van der Waals surface area contributed by atoms with Crippen LogP contribution >= 0.6 is 11.6 Å². The first-order chi connectivity index (χ1) is 9.24. The fourth-order valence-corrected chi connectivity index (χ4v) is 2.58. The number of anilines is 1. The third kappa shape index (κ3) is 3.77. The Morgan fingerprint density at radius 1 is 1.35 bits per heavy atom. The Morgan fingerprint density at radius 2 is 1.95 bits per heavy atom. The fraction of sp³-hybridized carbons (Fsp3) is 0.455. The average molecular weight is 332 g/mol. The van der Waals surface area contributed by atoms with E-state index in [1.807, 2.05) is 0 Å². The van der Waals surface area contributed by atoms with Crippen LogP contribution in [0.3, 0.4) is 0 Å². The highest BCUT2D eigenvalue weighted by Gasteiger charge is 2.48. The van der Waals surface area contributed by atoms with E-state index in [1.165, 1.54) is 25.3 Å². The van der Waals surface area contributed by atoms with Gasteiger partial charge in [0.2, 0.25) is 0 Å². The lowest BCUT2D eigenvalue weighted by Crippen LogP contribution is -2.29. The van der Waals surface area contributed by atoms with E-state index in [2.05, 4.69) is 5.32 Å². The van der Waals surface area contributed by atoms with Gasteiger partial charge < -0.3 is 10.1 Å². The molecule has 0 heterocycles. The van der Waals surface area contributed by atoms with E-state index >= 15 is 0 Å². The minimum absolute atomic E-state index is 0.0498. The summed E-state index contributed by atoms with van der Waals surface area (Å²) in [5, 5.41) is 2.64. The van der Waals surface area contributed by atoms with Crippen molar-refractivity contribution in [3.63, 3.8) is 0 Å². The monoisotopic (exact) mass is 331 g/mol. The van der Waals surface area contributed by atoms with Gasteiger partial charge in [-0.3, -0.25) is 0 Å². The van der Waals surface area contributed by atoms with E-state index in [1.54, 1.807) is 0 Å². The van der Waals surface area contributed by atoms with Crippen LogP contribution in [0.4, 0.5) is 18.9 Å². The lowest BCUT2D eigenvalue weighted by molar-refractivity contribution is -0.0435. The largest absolute Gasteiger partial charge is 0.501 e. The molecule has 1 N–H and O–H groups in total. The number of hydrogen-bond acceptors (Lipinski definition) is 4. The third-order valence-corrected chi connectivity index (χ3v) is 4.31. The summed E-state index contributed by atoms with van der Waals surface area (Å²) in [6.07, 6.45) is 0. The van der Waals surface area contributed by atoms with E-state index in [4.69, 9.17) is 16.3 Å². The van der Waals surface area contributed by atoms with Crippen molar-refractivity contribution in [2.45, 2.75) is 16.4 Å². The second-order valence-corrected chi connectivity index (χ2v) is 6.11. The molecule has 9 heteroatoms. The van der Waals surface area contributed by atoms with Crippen molar-refractivity contribution in [2.24, 2.45) is 0 Å². The van der Waals surface area contributed by atoms with Crippen LogP contribution in [0, 0.1) is 0 Å². The number of benzene rings is 1. The van der Waals surface area contributed by atoms with E-state index in [-0.39, 0.29) is 18.2 Å². The number of rotatable bonds is 6. The van der Waals surface area contributed by atoms with Crippen LogP contribution in [0.2, 0.25) is 0 Å². The molecule has 1 atom stereocenters. The van der Waals surface area contributed by atoms with Crippen LogP contribution in [0.25, 0.3) is 0 Å². The van der Waals surface area contributed by atoms with Gasteiger partial charge in [0.25, 0.3) is 9.84 Å². The van der Waals surface area contributed by atoms with Crippen molar-refractivity contribution in [3.8, 4) is 0 Å². The van der Waals surface area contributed by atoms with Crippen LogP contribution in [0.5, 0.6) is 0 Å². The Balaban J connectivity index is 3.18. The summed E-state index contributed by atoms with van der Waals surface area (Å²) >= 11 is 5.64. The van der Waals surface area contributed by atoms with E-state index in [0.717, 1.165) is 6.07 Å². The molecule has 0 aliphatic rings. The summed E-state index contributed by atoms with van der Waals surface area (Å²) in [5.41, 5.74) is -5.52. The number of ether oxygens (including phenoxy) is 1. The highest BCUT2D eigenvalue weighted by Crippen LogP contribution is 2.34. The molecule has 4 nitrogen and oxygen atoms in total. The molecule has 0 bridgehead atoms. The minimum atomic E-state index is -5.42. The van der Waals surface area contributed by atoms with Gasteiger partial charge in [-0.2, -0.15) is 13.2 Å². The van der Waals surface area contributed by atoms with Crippen LogP contribution in [0.1, 0.15) is 0 Å². The normalized spacial score (nSPS) is 14.1. The molecule has 0 fully saturated rings. The summed E-state index contributed by atoms with van der Waals surface area (Å²) in [6, 6.07) is 4.27. The molecule has 0 saturated carbocycles. The quantitative estimate of drug-likeness (QED) is 0.814. The lowest BCUT2D eigenvalue weighted by atomic mass is 10.3. The van der Waals surface area contributed by atoms with Gasteiger partial charge in [-0.25, -0.2) is 8.42 Å². The maximum Gasteiger partial charge on any atom is 0.501 e. The molecule has 0 radical (unpaired) electrons. The fourth-order valence-electron chi connectivity index (χ4n) is 1.49. The number of alkyl halides is 4. The number of hydrogen-bond donors (Lipinski definition) is 1. The maximum atomic E-state index is 12.6. The first-order valence-electron chi connectivity index (χ1n) is 5.46. The Morgan fingerprint density at radius 3 is 2.45 bits per heavy atom. The predicted molar refractivity (Wildman–Crippen MR) is 69.7 cm³/mol. The molecule has 0 aliphatic carbocycles. The third-order valence-electron chi connectivity index (χ3n) is 2.40. The van der Waals surface area contributed by atoms with Gasteiger partial charge in [0.15, 0.2) is 0 Å². The molecule has 1 unspecified atom stereocenters. The summed E-state index contributed by atoms with van der Waals surface area (Å²) in [4.78, 5) is -0.835. The van der Waals surface area contributed by atoms with Gasteiger partial charge in [0, 0.05) is 13.0 Å². The van der Waals surface area contributed by atoms with E-state index < -0.39 is 26.3 Å². The number of para-hydroxylation sites is 1. The molecule has 0 spiro atoms. The van der Waals surface area contributed by atoms with Crippen molar-refractivity contribution in [1.82, 2.24) is 0 Å². The average Bonchev–Trinajstić information content (AvgIpc) is 2.37. The molecular weight excluding hydrogens is 319 g/mol. The van der Waals surface area contributed by atoms with Crippen LogP contribution < -0.4 is 5.32 Å². The van der Waals surface area contributed by atoms with Gasteiger partial charge in [-0.15, -0.1) is 11.6 Å². The SMILES string of the molecule is COCC(CCl)Nc1ccccc1S(=O)(=O)C(F)(F)F. The smallest absolute Gasteiger partial charge is 0.383 e. The summed E-state index contributed by atoms with van der Waals surface area (Å²) in [7, 11) is -4.02. The van der Waals surface area contributed by atoms with Gasteiger partial charge in [0.05, 0.1) is 23.2 Å². The number of nitrogens with one attached hydrogen (secondary N) is 1. The lowest BCUT2D eigenvalue weighted by Gasteiger charge is -2.19. The Bertz CT molecular complexity index is 548. The van der Waals surface area contributed by atoms with Crippen molar-refractivity contribution < 1.29 is 26.3 Å². The van der Waals surface area contributed by atoms with Gasteiger partial charge in [0.1, 0.15) is 0 Å². The molecule has 0 aromatic heterocycles. The zero-order valence-electron chi connectivity index (χ0n) is 10.4. The number of halogens is 4.